The molecular formula is C29H32N6O. The Kier molecular flexibility index (Phi) is 9.38. The van der Waals surface area contributed by atoms with E-state index in [1.807, 2.05) is 48.8 Å². The molecule has 1 atom stereocenters. The maximum Gasteiger partial charge on any atom is 0.257 e. The summed E-state index contributed by atoms with van der Waals surface area (Å²) in [4.78, 5) is 29.1. The van der Waals surface area contributed by atoms with Crippen molar-refractivity contribution in [1.82, 2.24) is 25.6 Å². The molecule has 7 heteroatoms. The number of hydrogen-bond donors (Lipinski definition) is 3. The summed E-state index contributed by atoms with van der Waals surface area (Å²) in [5.41, 5.74) is 3.99. The number of aliphatic imine (C=N–C) groups is 1. The molecule has 0 aliphatic heterocycles. The van der Waals surface area contributed by atoms with E-state index in [1.54, 1.807) is 18.5 Å². The Bertz CT molecular complexity index is 1160. The topological polar surface area (TPSA) is 95.1 Å². The van der Waals surface area contributed by atoms with Gasteiger partial charge in [0.15, 0.2) is 5.96 Å². The number of aryl methyl sites for hydroxylation is 1. The van der Waals surface area contributed by atoms with Gasteiger partial charge >= 0.3 is 0 Å². The molecule has 1 amide bonds. The highest BCUT2D eigenvalue weighted by atomic mass is 16.1. The summed E-state index contributed by atoms with van der Waals surface area (Å²) in [6.07, 6.45) is 8.87. The third-order valence-electron chi connectivity index (χ3n) is 5.91. The van der Waals surface area contributed by atoms with Gasteiger partial charge in [0.1, 0.15) is 0 Å². The average Bonchev–Trinajstić information content (AvgIpc) is 3.46. The van der Waals surface area contributed by atoms with Crippen LogP contribution < -0.4 is 10.6 Å². The number of aromatic nitrogens is 3. The van der Waals surface area contributed by atoms with Gasteiger partial charge in [0.25, 0.3) is 5.91 Å². The minimum atomic E-state index is -0.175. The number of carbonyl (C=O) groups excluding carboxylic acids is 1. The molecule has 184 valence electrons. The van der Waals surface area contributed by atoms with Crippen molar-refractivity contribution in [2.45, 2.75) is 31.6 Å². The van der Waals surface area contributed by atoms with Crippen molar-refractivity contribution in [2.75, 3.05) is 13.1 Å². The number of hydrogen-bond acceptors (Lipinski definition) is 4. The lowest BCUT2D eigenvalue weighted by Crippen LogP contribution is -2.41. The fourth-order valence-electron chi connectivity index (χ4n) is 4.06. The quantitative estimate of drug-likeness (QED) is 0.164. The molecule has 2 aromatic carbocycles. The summed E-state index contributed by atoms with van der Waals surface area (Å²) < 4.78 is 0. The smallest absolute Gasteiger partial charge is 0.257 e. The molecule has 2 heterocycles. The summed E-state index contributed by atoms with van der Waals surface area (Å²) in [5.74, 6) is 0.538. The van der Waals surface area contributed by atoms with Crippen LogP contribution in [-0.4, -0.2) is 39.9 Å². The average molecular weight is 481 g/mol. The van der Waals surface area contributed by atoms with E-state index in [9.17, 15) is 4.79 Å². The van der Waals surface area contributed by atoms with Crippen LogP contribution in [-0.2, 0) is 6.42 Å². The molecule has 7 nitrogen and oxygen atoms in total. The number of rotatable bonds is 11. The highest BCUT2D eigenvalue weighted by Crippen LogP contribution is 2.27. The molecule has 0 saturated carbocycles. The Balaban J connectivity index is 1.36. The van der Waals surface area contributed by atoms with Crippen LogP contribution in [0.5, 0.6) is 0 Å². The molecule has 0 saturated heterocycles. The number of benzene rings is 2. The second-order valence-electron chi connectivity index (χ2n) is 8.52. The summed E-state index contributed by atoms with van der Waals surface area (Å²) in [6, 6.07) is 25.7. The number of guanidine groups is 1. The Morgan fingerprint density at radius 3 is 2.44 bits per heavy atom. The number of amides is 1. The first kappa shape index (κ1) is 24.9. The van der Waals surface area contributed by atoms with Crippen molar-refractivity contribution in [2.24, 2.45) is 4.99 Å². The first-order chi connectivity index (χ1) is 17.8. The number of imidazole rings is 1. The molecule has 36 heavy (non-hydrogen) atoms. The molecule has 0 bridgehead atoms. The molecule has 0 aliphatic carbocycles. The summed E-state index contributed by atoms with van der Waals surface area (Å²) in [6.45, 7) is 1.28. The lowest BCUT2D eigenvalue weighted by molar-refractivity contribution is 0.0975. The van der Waals surface area contributed by atoms with Gasteiger partial charge in [0.05, 0.1) is 6.33 Å². The minimum absolute atomic E-state index is 0.175. The molecule has 0 radical (unpaired) electrons. The number of nitrogens with one attached hydrogen (secondary N) is 3. The lowest BCUT2D eigenvalue weighted by Gasteiger charge is -2.18. The van der Waals surface area contributed by atoms with Crippen molar-refractivity contribution in [3.8, 4) is 0 Å². The van der Waals surface area contributed by atoms with Gasteiger partial charge in [-0.2, -0.15) is 0 Å². The monoisotopic (exact) mass is 480 g/mol. The van der Waals surface area contributed by atoms with E-state index >= 15 is 0 Å². The number of H-pyrrole nitrogens is 1. The molecule has 2 aromatic heterocycles. The number of aromatic amines is 1. The molecule has 1 unspecified atom stereocenters. The summed E-state index contributed by atoms with van der Waals surface area (Å²) in [5, 5.41) is 6.30. The molecule has 4 aromatic rings. The molecule has 3 N–H and O–H groups in total. The Morgan fingerprint density at radius 2 is 1.72 bits per heavy atom. The van der Waals surface area contributed by atoms with Gasteiger partial charge in [-0.05, 0) is 55.5 Å². The Morgan fingerprint density at radius 1 is 0.944 bits per heavy atom. The molecular weight excluding hydrogens is 448 g/mol. The standard InChI is InChI=1S/C29H32N6O/c36-28(24-13-5-2-6-14-24)35-29(32-19-9-15-25-21-30-22-34-25)33-20-10-16-26(23-11-3-1-4-12-23)27-17-7-8-18-31-27/h1-8,11-14,17-18,21-22,26H,9-10,15-16,19-20H2,(H,30,34)(H2,32,33,35,36). The fraction of sp³-hybridized carbons (Fsp3) is 0.241. The van der Waals surface area contributed by atoms with Gasteiger partial charge in [0, 0.05) is 48.4 Å². The van der Waals surface area contributed by atoms with E-state index in [0.29, 0.717) is 24.6 Å². The van der Waals surface area contributed by atoms with Crippen LogP contribution in [0.15, 0.2) is 103 Å². The summed E-state index contributed by atoms with van der Waals surface area (Å²) >= 11 is 0. The van der Waals surface area contributed by atoms with Gasteiger partial charge in [-0.3, -0.25) is 20.1 Å². The lowest BCUT2D eigenvalue weighted by atomic mass is 9.91. The number of carbonyl (C=O) groups is 1. The predicted octanol–water partition coefficient (Wildman–Crippen LogP) is 4.73. The van der Waals surface area contributed by atoms with Crippen molar-refractivity contribution in [1.29, 1.82) is 0 Å². The van der Waals surface area contributed by atoms with E-state index in [0.717, 1.165) is 37.1 Å². The number of pyridine rings is 1. The molecule has 4 rings (SSSR count). The van der Waals surface area contributed by atoms with Crippen LogP contribution in [0, 0.1) is 0 Å². The fourth-order valence-corrected chi connectivity index (χ4v) is 4.06. The third kappa shape index (κ3) is 7.63. The van der Waals surface area contributed by atoms with Crippen LogP contribution in [0.25, 0.3) is 0 Å². The van der Waals surface area contributed by atoms with Crippen molar-refractivity contribution in [3.05, 3.63) is 120 Å². The van der Waals surface area contributed by atoms with Crippen LogP contribution in [0.4, 0.5) is 0 Å². The largest absolute Gasteiger partial charge is 0.356 e. The Hall–Kier alpha value is -4.26. The van der Waals surface area contributed by atoms with E-state index in [1.165, 1.54) is 5.56 Å². The minimum Gasteiger partial charge on any atom is -0.356 e. The SMILES string of the molecule is O=C(NC(=NCCCc1cnc[nH]1)NCCCC(c1ccccc1)c1ccccn1)c1ccccc1. The van der Waals surface area contributed by atoms with Crippen LogP contribution in [0.2, 0.25) is 0 Å². The second-order valence-corrected chi connectivity index (χ2v) is 8.52. The molecule has 0 fully saturated rings. The normalized spacial score (nSPS) is 12.2. The van der Waals surface area contributed by atoms with Gasteiger partial charge in [-0.15, -0.1) is 0 Å². The second kappa shape index (κ2) is 13.6. The van der Waals surface area contributed by atoms with Crippen LogP contribution >= 0.6 is 0 Å². The molecule has 0 spiro atoms. The van der Waals surface area contributed by atoms with Crippen molar-refractivity contribution >= 4 is 11.9 Å². The van der Waals surface area contributed by atoms with E-state index in [2.05, 4.69) is 60.9 Å². The zero-order chi connectivity index (χ0) is 24.8. The van der Waals surface area contributed by atoms with Gasteiger partial charge in [-0.1, -0.05) is 54.6 Å². The van der Waals surface area contributed by atoms with Gasteiger partial charge in [0.2, 0.25) is 0 Å². The first-order valence-corrected chi connectivity index (χ1v) is 12.4. The third-order valence-corrected chi connectivity index (χ3v) is 5.91. The first-order valence-electron chi connectivity index (χ1n) is 12.4. The highest BCUT2D eigenvalue weighted by Gasteiger charge is 2.15. The summed E-state index contributed by atoms with van der Waals surface area (Å²) in [7, 11) is 0. The molecule has 0 aliphatic rings. The maximum absolute atomic E-state index is 12.7. The van der Waals surface area contributed by atoms with E-state index in [4.69, 9.17) is 0 Å². The maximum atomic E-state index is 12.7. The van der Waals surface area contributed by atoms with E-state index in [-0.39, 0.29) is 11.8 Å². The van der Waals surface area contributed by atoms with Crippen LogP contribution in [0.1, 0.15) is 52.5 Å². The van der Waals surface area contributed by atoms with Gasteiger partial charge < -0.3 is 10.3 Å². The van der Waals surface area contributed by atoms with Gasteiger partial charge in [-0.25, -0.2) is 4.98 Å². The van der Waals surface area contributed by atoms with Crippen molar-refractivity contribution in [3.63, 3.8) is 0 Å². The zero-order valence-corrected chi connectivity index (χ0v) is 20.3. The highest BCUT2D eigenvalue weighted by molar-refractivity contribution is 6.05. The number of nitrogens with zero attached hydrogens (tertiary/aromatic N) is 3. The van der Waals surface area contributed by atoms with Crippen LogP contribution in [0.3, 0.4) is 0 Å². The van der Waals surface area contributed by atoms with Crippen molar-refractivity contribution < 1.29 is 4.79 Å². The Labute approximate surface area is 212 Å². The van der Waals surface area contributed by atoms with E-state index < -0.39 is 0 Å². The zero-order valence-electron chi connectivity index (χ0n) is 20.3. The predicted molar refractivity (Wildman–Crippen MR) is 143 cm³/mol.